The van der Waals surface area contributed by atoms with Gasteiger partial charge in [0.25, 0.3) is 5.91 Å². The summed E-state index contributed by atoms with van der Waals surface area (Å²) >= 11 is 5.99. The molecule has 1 aliphatic rings. The van der Waals surface area contributed by atoms with E-state index in [0.717, 1.165) is 10.8 Å². The zero-order valence-corrected chi connectivity index (χ0v) is 16.7. The van der Waals surface area contributed by atoms with Gasteiger partial charge in [-0.05, 0) is 47.2 Å². The number of carbonyl (C=O) groups excluding carboxylic acids is 1. The zero-order valence-electron chi connectivity index (χ0n) is 15.1. The highest BCUT2D eigenvalue weighted by molar-refractivity contribution is 7.89. The minimum absolute atomic E-state index is 0.0692. The minimum atomic E-state index is -3.62. The van der Waals surface area contributed by atoms with Gasteiger partial charge in [0.15, 0.2) is 0 Å². The normalized spacial score (nSPS) is 15.7. The molecule has 3 aromatic rings. The number of piperazine rings is 1. The van der Waals surface area contributed by atoms with E-state index < -0.39 is 10.0 Å². The molecule has 28 heavy (non-hydrogen) atoms. The molecular formula is C21H19ClN2O3S. The highest BCUT2D eigenvalue weighted by Gasteiger charge is 2.30. The van der Waals surface area contributed by atoms with Crippen LogP contribution in [0.25, 0.3) is 10.8 Å². The molecule has 1 aliphatic heterocycles. The first-order chi connectivity index (χ1) is 13.4. The predicted molar refractivity (Wildman–Crippen MR) is 110 cm³/mol. The molecule has 144 valence electrons. The van der Waals surface area contributed by atoms with Crippen LogP contribution in [-0.4, -0.2) is 49.7 Å². The number of fused-ring (bicyclic) bond motifs is 1. The van der Waals surface area contributed by atoms with Crippen molar-refractivity contribution >= 4 is 38.3 Å². The van der Waals surface area contributed by atoms with Crippen molar-refractivity contribution in [2.45, 2.75) is 4.90 Å². The maximum absolute atomic E-state index is 13.0. The Bertz CT molecular complexity index is 1120. The molecule has 0 N–H and O–H groups in total. The summed E-state index contributed by atoms with van der Waals surface area (Å²) in [5.74, 6) is -0.0692. The van der Waals surface area contributed by atoms with E-state index in [2.05, 4.69) is 0 Å². The second-order valence-electron chi connectivity index (χ2n) is 6.72. The van der Waals surface area contributed by atoms with Crippen LogP contribution < -0.4 is 0 Å². The molecule has 1 heterocycles. The van der Waals surface area contributed by atoms with Crippen LogP contribution in [0.15, 0.2) is 71.6 Å². The van der Waals surface area contributed by atoms with Crippen LogP contribution in [0.1, 0.15) is 10.4 Å². The van der Waals surface area contributed by atoms with Crippen LogP contribution in [0.2, 0.25) is 5.02 Å². The molecule has 4 rings (SSSR count). The van der Waals surface area contributed by atoms with Gasteiger partial charge in [-0.25, -0.2) is 8.42 Å². The Morgan fingerprint density at radius 1 is 0.821 bits per heavy atom. The van der Waals surface area contributed by atoms with Gasteiger partial charge >= 0.3 is 0 Å². The molecule has 0 spiro atoms. The Kier molecular flexibility index (Phi) is 5.10. The lowest BCUT2D eigenvalue weighted by molar-refractivity contribution is 0.0698. The van der Waals surface area contributed by atoms with Gasteiger partial charge in [0, 0.05) is 36.8 Å². The molecule has 0 aromatic heterocycles. The lowest BCUT2D eigenvalue weighted by Gasteiger charge is -2.34. The lowest BCUT2D eigenvalue weighted by atomic mass is 10.1. The minimum Gasteiger partial charge on any atom is -0.336 e. The molecule has 0 aliphatic carbocycles. The number of benzene rings is 3. The summed E-state index contributed by atoms with van der Waals surface area (Å²) in [4.78, 5) is 14.5. The molecule has 1 amide bonds. The number of hydrogen-bond donors (Lipinski definition) is 0. The standard InChI is InChI=1S/C21H19ClN2O3S/c22-19-8-6-18-15-20(9-7-17(18)14-19)28(26,27)24-12-10-23(11-13-24)21(25)16-4-2-1-3-5-16/h1-9,14-15H,10-13H2. The molecule has 1 fully saturated rings. The van der Waals surface area contributed by atoms with E-state index in [1.807, 2.05) is 24.3 Å². The number of sulfonamides is 1. The van der Waals surface area contributed by atoms with Crippen molar-refractivity contribution in [3.63, 3.8) is 0 Å². The van der Waals surface area contributed by atoms with E-state index in [4.69, 9.17) is 11.6 Å². The van der Waals surface area contributed by atoms with Crippen LogP contribution in [0.3, 0.4) is 0 Å². The number of halogens is 1. The average molecular weight is 415 g/mol. The van der Waals surface area contributed by atoms with Crippen molar-refractivity contribution in [3.05, 3.63) is 77.3 Å². The fourth-order valence-electron chi connectivity index (χ4n) is 3.40. The number of nitrogens with zero attached hydrogens (tertiary/aromatic N) is 2. The number of amides is 1. The van der Waals surface area contributed by atoms with Crippen molar-refractivity contribution in [1.29, 1.82) is 0 Å². The van der Waals surface area contributed by atoms with E-state index in [1.54, 1.807) is 47.4 Å². The quantitative estimate of drug-likeness (QED) is 0.657. The van der Waals surface area contributed by atoms with E-state index in [9.17, 15) is 13.2 Å². The first-order valence-corrected chi connectivity index (χ1v) is 10.8. The van der Waals surface area contributed by atoms with Crippen LogP contribution >= 0.6 is 11.6 Å². The van der Waals surface area contributed by atoms with Gasteiger partial charge < -0.3 is 4.90 Å². The smallest absolute Gasteiger partial charge is 0.253 e. The Morgan fingerprint density at radius 2 is 1.46 bits per heavy atom. The van der Waals surface area contributed by atoms with Gasteiger partial charge in [0.2, 0.25) is 10.0 Å². The van der Waals surface area contributed by atoms with Crippen LogP contribution in [0.4, 0.5) is 0 Å². The lowest BCUT2D eigenvalue weighted by Crippen LogP contribution is -2.50. The first-order valence-electron chi connectivity index (χ1n) is 8.99. The molecule has 0 unspecified atom stereocenters. The van der Waals surface area contributed by atoms with E-state index >= 15 is 0 Å². The average Bonchev–Trinajstić information content (AvgIpc) is 2.73. The van der Waals surface area contributed by atoms with Crippen molar-refractivity contribution in [3.8, 4) is 0 Å². The molecule has 1 saturated heterocycles. The fourth-order valence-corrected chi connectivity index (χ4v) is 5.04. The van der Waals surface area contributed by atoms with Gasteiger partial charge in [-0.1, -0.05) is 41.9 Å². The number of hydrogen-bond acceptors (Lipinski definition) is 3. The molecule has 7 heteroatoms. The van der Waals surface area contributed by atoms with Crippen LogP contribution in [0.5, 0.6) is 0 Å². The first kappa shape index (κ1) is 18.9. The second kappa shape index (κ2) is 7.54. The summed E-state index contributed by atoms with van der Waals surface area (Å²) in [6.07, 6.45) is 0. The van der Waals surface area contributed by atoms with E-state index in [-0.39, 0.29) is 23.9 Å². The summed E-state index contributed by atoms with van der Waals surface area (Å²) in [6, 6.07) is 19.4. The van der Waals surface area contributed by atoms with Gasteiger partial charge in [0.1, 0.15) is 0 Å². The molecular weight excluding hydrogens is 396 g/mol. The van der Waals surface area contributed by atoms with E-state index in [1.165, 1.54) is 4.31 Å². The highest BCUT2D eigenvalue weighted by Crippen LogP contribution is 2.25. The third-order valence-electron chi connectivity index (χ3n) is 4.96. The highest BCUT2D eigenvalue weighted by atomic mass is 35.5. The zero-order chi connectivity index (χ0) is 19.7. The van der Waals surface area contributed by atoms with Gasteiger partial charge in [-0.15, -0.1) is 0 Å². The topological polar surface area (TPSA) is 57.7 Å². The van der Waals surface area contributed by atoms with E-state index in [0.29, 0.717) is 23.7 Å². The largest absolute Gasteiger partial charge is 0.336 e. The fraction of sp³-hybridized carbons (Fsp3) is 0.190. The Morgan fingerprint density at radius 3 is 2.18 bits per heavy atom. The van der Waals surface area contributed by atoms with Crippen molar-refractivity contribution in [1.82, 2.24) is 9.21 Å². The van der Waals surface area contributed by atoms with Crippen LogP contribution in [0, 0.1) is 0 Å². The summed E-state index contributed by atoms with van der Waals surface area (Å²) < 4.78 is 27.5. The van der Waals surface area contributed by atoms with Crippen molar-refractivity contribution in [2.75, 3.05) is 26.2 Å². The SMILES string of the molecule is O=C(c1ccccc1)N1CCN(S(=O)(=O)c2ccc3cc(Cl)ccc3c2)CC1. The molecule has 0 saturated carbocycles. The molecule has 0 radical (unpaired) electrons. The predicted octanol–water partition coefficient (Wildman–Crippen LogP) is 3.64. The van der Waals surface area contributed by atoms with Crippen molar-refractivity contribution < 1.29 is 13.2 Å². The maximum Gasteiger partial charge on any atom is 0.253 e. The monoisotopic (exact) mass is 414 g/mol. The van der Waals surface area contributed by atoms with Crippen molar-refractivity contribution in [2.24, 2.45) is 0 Å². The second-order valence-corrected chi connectivity index (χ2v) is 9.09. The summed E-state index contributed by atoms with van der Waals surface area (Å²) in [7, 11) is -3.62. The Balaban J connectivity index is 1.50. The third kappa shape index (κ3) is 3.63. The third-order valence-corrected chi connectivity index (χ3v) is 7.09. The summed E-state index contributed by atoms with van der Waals surface area (Å²) in [5.41, 5.74) is 0.618. The summed E-state index contributed by atoms with van der Waals surface area (Å²) in [5, 5.41) is 2.33. The Hall–Kier alpha value is -2.41. The number of rotatable bonds is 3. The number of carbonyl (C=O) groups is 1. The summed E-state index contributed by atoms with van der Waals surface area (Å²) in [6.45, 7) is 1.30. The van der Waals surface area contributed by atoms with Gasteiger partial charge in [0.05, 0.1) is 4.90 Å². The maximum atomic E-state index is 13.0. The van der Waals surface area contributed by atoms with Crippen LogP contribution in [-0.2, 0) is 10.0 Å². The molecule has 3 aromatic carbocycles. The Labute approximate surface area is 169 Å². The van der Waals surface area contributed by atoms with Gasteiger partial charge in [-0.3, -0.25) is 4.79 Å². The molecule has 0 bridgehead atoms. The molecule has 5 nitrogen and oxygen atoms in total. The molecule has 0 atom stereocenters. The van der Waals surface area contributed by atoms with Gasteiger partial charge in [-0.2, -0.15) is 4.31 Å².